The quantitative estimate of drug-likeness (QED) is 0.455. The lowest BCUT2D eigenvalue weighted by atomic mass is 10.2. The average Bonchev–Trinajstić information content (AvgIpc) is 2.71. The second-order valence-electron chi connectivity index (χ2n) is 5.65. The maximum absolute atomic E-state index is 5.81. The molecule has 6 heteroatoms. The molecule has 118 valence electrons. The van der Waals surface area contributed by atoms with E-state index in [4.69, 9.17) is 5.73 Å². The van der Waals surface area contributed by atoms with Gasteiger partial charge in [0.15, 0.2) is 5.96 Å². The summed E-state index contributed by atoms with van der Waals surface area (Å²) in [6, 6.07) is 0. The molecule has 21 heavy (non-hydrogen) atoms. The topological polar surface area (TPSA) is 81.1 Å². The van der Waals surface area contributed by atoms with E-state index in [1.54, 1.807) is 0 Å². The number of unbranched alkanes of at least 4 members (excludes halogenated alkanes) is 1. The van der Waals surface area contributed by atoms with Gasteiger partial charge in [-0.3, -0.25) is 4.99 Å². The molecule has 0 saturated carbocycles. The third-order valence-corrected chi connectivity index (χ3v) is 3.86. The standard InChI is InChI=1S/C15H28N6/c1-2-3-10-17-15(16)18-11-7-9-14-20-19-13-8-5-4-6-12-21(13)14/h2-12H2,1H3,(H3,16,17,18). The number of nitrogens with one attached hydrogen (secondary N) is 1. The summed E-state index contributed by atoms with van der Waals surface area (Å²) in [5.41, 5.74) is 5.81. The van der Waals surface area contributed by atoms with Crippen molar-refractivity contribution >= 4 is 5.96 Å². The van der Waals surface area contributed by atoms with Crippen LogP contribution in [0, 0.1) is 0 Å². The van der Waals surface area contributed by atoms with Crippen molar-refractivity contribution in [1.29, 1.82) is 0 Å². The number of aromatic nitrogens is 3. The summed E-state index contributed by atoms with van der Waals surface area (Å²) in [5.74, 6) is 2.83. The Morgan fingerprint density at radius 1 is 1.29 bits per heavy atom. The molecule has 0 aromatic carbocycles. The molecule has 1 aliphatic rings. The van der Waals surface area contributed by atoms with Gasteiger partial charge >= 0.3 is 0 Å². The Bertz CT molecular complexity index is 451. The number of hydrogen-bond acceptors (Lipinski definition) is 3. The number of nitrogens with zero attached hydrogens (tertiary/aromatic N) is 4. The minimum atomic E-state index is 0.559. The number of fused-ring (bicyclic) bond motifs is 1. The van der Waals surface area contributed by atoms with Crippen molar-refractivity contribution in [2.75, 3.05) is 13.1 Å². The Balaban J connectivity index is 1.74. The maximum Gasteiger partial charge on any atom is 0.188 e. The van der Waals surface area contributed by atoms with Crippen LogP contribution in [0.15, 0.2) is 4.99 Å². The molecule has 0 radical (unpaired) electrons. The third-order valence-electron chi connectivity index (χ3n) is 3.86. The highest BCUT2D eigenvalue weighted by molar-refractivity contribution is 5.77. The summed E-state index contributed by atoms with van der Waals surface area (Å²) >= 11 is 0. The van der Waals surface area contributed by atoms with E-state index in [0.29, 0.717) is 5.96 Å². The van der Waals surface area contributed by atoms with Gasteiger partial charge in [-0.05, 0) is 25.7 Å². The fourth-order valence-corrected chi connectivity index (χ4v) is 2.62. The molecule has 1 aromatic heterocycles. The van der Waals surface area contributed by atoms with Crippen molar-refractivity contribution in [3.8, 4) is 0 Å². The van der Waals surface area contributed by atoms with E-state index in [9.17, 15) is 0 Å². The fourth-order valence-electron chi connectivity index (χ4n) is 2.62. The molecule has 1 aliphatic heterocycles. The first kappa shape index (κ1) is 15.8. The van der Waals surface area contributed by atoms with E-state index in [0.717, 1.165) is 63.4 Å². The highest BCUT2D eigenvalue weighted by Crippen LogP contribution is 2.15. The van der Waals surface area contributed by atoms with E-state index in [-0.39, 0.29) is 0 Å². The predicted molar refractivity (Wildman–Crippen MR) is 85.3 cm³/mol. The molecule has 1 aromatic rings. The van der Waals surface area contributed by atoms with Crippen molar-refractivity contribution < 1.29 is 0 Å². The van der Waals surface area contributed by atoms with Crippen molar-refractivity contribution in [3.05, 3.63) is 11.6 Å². The minimum absolute atomic E-state index is 0.559. The zero-order chi connectivity index (χ0) is 14.9. The first-order valence-corrected chi connectivity index (χ1v) is 8.26. The second kappa shape index (κ2) is 8.64. The van der Waals surface area contributed by atoms with Crippen LogP contribution in [0.1, 0.15) is 57.1 Å². The van der Waals surface area contributed by atoms with Gasteiger partial charge in [0, 0.05) is 32.5 Å². The smallest absolute Gasteiger partial charge is 0.188 e. The van der Waals surface area contributed by atoms with Crippen LogP contribution < -0.4 is 11.1 Å². The average molecular weight is 292 g/mol. The van der Waals surface area contributed by atoms with Gasteiger partial charge in [0.1, 0.15) is 11.6 Å². The molecule has 0 saturated heterocycles. The molecule has 0 spiro atoms. The van der Waals surface area contributed by atoms with E-state index in [1.807, 2.05) is 0 Å². The minimum Gasteiger partial charge on any atom is -0.370 e. The summed E-state index contributed by atoms with van der Waals surface area (Å²) in [4.78, 5) is 4.35. The lowest BCUT2D eigenvalue weighted by molar-refractivity contribution is 0.597. The molecule has 0 bridgehead atoms. The Morgan fingerprint density at radius 2 is 2.19 bits per heavy atom. The second-order valence-corrected chi connectivity index (χ2v) is 5.65. The van der Waals surface area contributed by atoms with Gasteiger partial charge in [0.25, 0.3) is 0 Å². The first-order valence-electron chi connectivity index (χ1n) is 8.26. The van der Waals surface area contributed by atoms with E-state index in [2.05, 4.69) is 32.0 Å². The van der Waals surface area contributed by atoms with Gasteiger partial charge in [-0.1, -0.05) is 19.8 Å². The molecule has 0 fully saturated rings. The van der Waals surface area contributed by atoms with Crippen molar-refractivity contribution in [1.82, 2.24) is 20.1 Å². The molecule has 6 nitrogen and oxygen atoms in total. The van der Waals surface area contributed by atoms with Crippen molar-refractivity contribution in [3.63, 3.8) is 0 Å². The van der Waals surface area contributed by atoms with Gasteiger partial charge in [0.05, 0.1) is 0 Å². The molecular formula is C15H28N6. The zero-order valence-corrected chi connectivity index (χ0v) is 13.1. The number of aliphatic imine (C=N–C) groups is 1. The van der Waals surface area contributed by atoms with Crippen LogP contribution in [0.25, 0.3) is 0 Å². The van der Waals surface area contributed by atoms with Crippen LogP contribution in [-0.2, 0) is 19.4 Å². The predicted octanol–water partition coefficient (Wildman–Crippen LogP) is 1.64. The number of aryl methyl sites for hydroxylation is 2. The molecule has 0 amide bonds. The lowest BCUT2D eigenvalue weighted by Gasteiger charge is -2.06. The zero-order valence-electron chi connectivity index (χ0n) is 13.1. The molecule has 2 rings (SSSR count). The molecule has 3 N–H and O–H groups in total. The van der Waals surface area contributed by atoms with Crippen LogP contribution in [0.4, 0.5) is 0 Å². The van der Waals surface area contributed by atoms with Gasteiger partial charge < -0.3 is 15.6 Å². The van der Waals surface area contributed by atoms with Crippen LogP contribution in [0.3, 0.4) is 0 Å². The Hall–Kier alpha value is -1.59. The van der Waals surface area contributed by atoms with Crippen LogP contribution in [0.2, 0.25) is 0 Å². The lowest BCUT2D eigenvalue weighted by Crippen LogP contribution is -2.32. The summed E-state index contributed by atoms with van der Waals surface area (Å²) in [5, 5.41) is 11.8. The number of hydrogen-bond donors (Lipinski definition) is 2. The van der Waals surface area contributed by atoms with Crippen molar-refractivity contribution in [2.24, 2.45) is 10.7 Å². The normalized spacial score (nSPS) is 15.6. The van der Waals surface area contributed by atoms with E-state index < -0.39 is 0 Å². The van der Waals surface area contributed by atoms with Crippen LogP contribution in [-0.4, -0.2) is 33.8 Å². The van der Waals surface area contributed by atoms with Gasteiger partial charge in [0.2, 0.25) is 0 Å². The Kier molecular flexibility index (Phi) is 6.50. The maximum atomic E-state index is 5.81. The largest absolute Gasteiger partial charge is 0.370 e. The van der Waals surface area contributed by atoms with Gasteiger partial charge in [-0.25, -0.2) is 0 Å². The summed E-state index contributed by atoms with van der Waals surface area (Å²) < 4.78 is 2.31. The number of guanidine groups is 1. The molecule has 0 unspecified atom stereocenters. The molecule has 0 atom stereocenters. The SMILES string of the molecule is CCCCNC(N)=NCCCc1nnc2n1CCCCC2. The van der Waals surface area contributed by atoms with E-state index >= 15 is 0 Å². The highest BCUT2D eigenvalue weighted by atomic mass is 15.3. The van der Waals surface area contributed by atoms with Crippen LogP contribution in [0.5, 0.6) is 0 Å². The highest BCUT2D eigenvalue weighted by Gasteiger charge is 2.13. The summed E-state index contributed by atoms with van der Waals surface area (Å²) in [6.07, 6.45) is 9.03. The first-order chi connectivity index (χ1) is 10.3. The van der Waals surface area contributed by atoms with Crippen LogP contribution >= 0.6 is 0 Å². The molecular weight excluding hydrogens is 264 g/mol. The monoisotopic (exact) mass is 292 g/mol. The third kappa shape index (κ3) is 5.02. The van der Waals surface area contributed by atoms with Gasteiger partial charge in [-0.15, -0.1) is 10.2 Å². The fraction of sp³-hybridized carbons (Fsp3) is 0.800. The summed E-state index contributed by atoms with van der Waals surface area (Å²) in [6.45, 7) is 4.88. The number of nitrogens with two attached hydrogens (primary N) is 1. The Labute approximate surface area is 127 Å². The summed E-state index contributed by atoms with van der Waals surface area (Å²) in [7, 11) is 0. The number of rotatable bonds is 7. The molecule has 2 heterocycles. The Morgan fingerprint density at radius 3 is 3.05 bits per heavy atom. The van der Waals surface area contributed by atoms with Crippen molar-refractivity contribution in [2.45, 2.75) is 64.8 Å². The van der Waals surface area contributed by atoms with Gasteiger partial charge in [-0.2, -0.15) is 0 Å². The molecule has 0 aliphatic carbocycles. The van der Waals surface area contributed by atoms with E-state index in [1.165, 1.54) is 19.3 Å².